The number of aromatic nitrogens is 1. The summed E-state index contributed by atoms with van der Waals surface area (Å²) < 4.78 is 10.9. The number of methoxy groups -OCH3 is 2. The molecule has 0 radical (unpaired) electrons. The molecule has 0 bridgehead atoms. The first-order valence-corrected chi connectivity index (χ1v) is 14.4. The molecule has 3 amide bonds. The SMILES string of the molecule is C=CC(=O)Nc1cc(N2CCN(CC)CC2)ccc1Nc1cc2c(cn1)CN(c1cc(OC)cc(OC)c1)C(=O)N(C)C2. The molecule has 2 aliphatic heterocycles. The Bertz CT molecular complexity index is 1480. The maximum absolute atomic E-state index is 13.4. The molecule has 43 heavy (non-hydrogen) atoms. The standard InChI is InChI=1S/C32H39N7O4/c1-6-31(40)35-29-17-24(38-12-10-37(7-2)11-13-38)8-9-28(29)34-30-14-22-20-36(3)32(41)39(21-23(22)19-33-30)25-15-26(42-4)18-27(16-25)43-5/h6,8-9,14-19H,1,7,10-13,20-21H2,2-5H3,(H,33,34)(H,35,40). The Labute approximate surface area is 252 Å². The van der Waals surface area contributed by atoms with Gasteiger partial charge in [-0.15, -0.1) is 0 Å². The predicted octanol–water partition coefficient (Wildman–Crippen LogP) is 4.68. The summed E-state index contributed by atoms with van der Waals surface area (Å²) in [6, 6.07) is 13.2. The number of rotatable bonds is 9. The van der Waals surface area contributed by atoms with Gasteiger partial charge < -0.3 is 34.8 Å². The van der Waals surface area contributed by atoms with Crippen LogP contribution in [0.1, 0.15) is 18.1 Å². The summed E-state index contributed by atoms with van der Waals surface area (Å²) in [5, 5.41) is 6.32. The molecule has 0 spiro atoms. The minimum atomic E-state index is -0.291. The fourth-order valence-electron chi connectivity index (χ4n) is 5.39. The molecule has 5 rings (SSSR count). The number of hydrogen-bond acceptors (Lipinski definition) is 8. The quantitative estimate of drug-likeness (QED) is 0.349. The van der Waals surface area contributed by atoms with Gasteiger partial charge in [-0.25, -0.2) is 9.78 Å². The van der Waals surface area contributed by atoms with E-state index < -0.39 is 0 Å². The number of fused-ring (bicyclic) bond motifs is 1. The van der Waals surface area contributed by atoms with E-state index in [2.05, 4.69) is 45.0 Å². The summed E-state index contributed by atoms with van der Waals surface area (Å²) in [6.07, 6.45) is 3.05. The predicted molar refractivity (Wildman–Crippen MR) is 170 cm³/mol. The average molecular weight is 586 g/mol. The molecule has 0 unspecified atom stereocenters. The van der Waals surface area contributed by atoms with Gasteiger partial charge in [0.15, 0.2) is 0 Å². The molecule has 11 nitrogen and oxygen atoms in total. The fourth-order valence-corrected chi connectivity index (χ4v) is 5.39. The van der Waals surface area contributed by atoms with Gasteiger partial charge >= 0.3 is 6.03 Å². The van der Waals surface area contributed by atoms with Gasteiger partial charge in [0, 0.05) is 69.9 Å². The Hall–Kier alpha value is -4.77. The number of ether oxygens (including phenoxy) is 2. The fraction of sp³-hybridized carbons (Fsp3) is 0.344. The third kappa shape index (κ3) is 6.67. The molecule has 2 aliphatic rings. The number of urea groups is 1. The lowest BCUT2D eigenvalue weighted by Crippen LogP contribution is -2.46. The maximum atomic E-state index is 13.4. The average Bonchev–Trinajstić information content (AvgIpc) is 3.16. The number of carbonyl (C=O) groups is 2. The molecule has 0 aliphatic carbocycles. The zero-order valence-corrected chi connectivity index (χ0v) is 25.2. The van der Waals surface area contributed by atoms with E-state index in [1.807, 2.05) is 30.3 Å². The molecule has 3 aromatic rings. The Balaban J connectivity index is 1.41. The molecule has 2 aromatic carbocycles. The zero-order valence-electron chi connectivity index (χ0n) is 25.2. The van der Waals surface area contributed by atoms with E-state index in [0.717, 1.165) is 49.5 Å². The van der Waals surface area contributed by atoms with Crippen molar-refractivity contribution < 1.29 is 19.1 Å². The van der Waals surface area contributed by atoms with Crippen LogP contribution >= 0.6 is 0 Å². The van der Waals surface area contributed by atoms with Gasteiger partial charge in [-0.1, -0.05) is 13.5 Å². The number of likely N-dealkylation sites (N-methyl/N-ethyl adjacent to an activating group) is 1. The number of nitrogens with one attached hydrogen (secondary N) is 2. The number of pyridine rings is 1. The van der Waals surface area contributed by atoms with Crippen molar-refractivity contribution in [1.82, 2.24) is 14.8 Å². The number of benzene rings is 2. The molecule has 2 N–H and O–H groups in total. The number of carbonyl (C=O) groups excluding carboxylic acids is 2. The Kier molecular flexibility index (Phi) is 9.01. The first kappa shape index (κ1) is 29.7. The molecule has 1 fully saturated rings. The normalized spacial score (nSPS) is 15.4. The van der Waals surface area contributed by atoms with E-state index in [4.69, 9.17) is 9.47 Å². The van der Waals surface area contributed by atoms with Crippen LogP contribution < -0.4 is 29.9 Å². The van der Waals surface area contributed by atoms with Crippen molar-refractivity contribution in [2.24, 2.45) is 0 Å². The summed E-state index contributed by atoms with van der Waals surface area (Å²) in [5.74, 6) is 1.51. The minimum absolute atomic E-state index is 0.147. The number of nitrogens with zero attached hydrogens (tertiary/aromatic N) is 5. The highest BCUT2D eigenvalue weighted by molar-refractivity contribution is 6.02. The monoisotopic (exact) mass is 585 g/mol. The lowest BCUT2D eigenvalue weighted by atomic mass is 10.1. The van der Waals surface area contributed by atoms with Crippen molar-refractivity contribution in [3.63, 3.8) is 0 Å². The highest BCUT2D eigenvalue weighted by atomic mass is 16.5. The van der Waals surface area contributed by atoms with E-state index >= 15 is 0 Å². The van der Waals surface area contributed by atoms with E-state index in [1.165, 1.54) is 6.08 Å². The second-order valence-electron chi connectivity index (χ2n) is 10.6. The second-order valence-corrected chi connectivity index (χ2v) is 10.6. The highest BCUT2D eigenvalue weighted by Gasteiger charge is 2.27. The number of anilines is 5. The number of amides is 3. The molecular weight excluding hydrogens is 546 g/mol. The van der Waals surface area contributed by atoms with Crippen LogP contribution in [0.5, 0.6) is 11.5 Å². The summed E-state index contributed by atoms with van der Waals surface area (Å²) in [7, 11) is 4.94. The Morgan fingerprint density at radius 1 is 0.953 bits per heavy atom. The topological polar surface area (TPSA) is 103 Å². The first-order valence-electron chi connectivity index (χ1n) is 14.4. The lowest BCUT2D eigenvalue weighted by Gasteiger charge is -2.35. The van der Waals surface area contributed by atoms with Gasteiger partial charge in [-0.2, -0.15) is 0 Å². The molecule has 1 saturated heterocycles. The van der Waals surface area contributed by atoms with E-state index in [1.54, 1.807) is 43.3 Å². The van der Waals surface area contributed by atoms with E-state index in [9.17, 15) is 9.59 Å². The van der Waals surface area contributed by atoms with Crippen molar-refractivity contribution in [2.75, 3.05) is 74.4 Å². The summed E-state index contributed by atoms with van der Waals surface area (Å²) in [4.78, 5) is 38.6. The second kappa shape index (κ2) is 13.0. The first-order chi connectivity index (χ1) is 20.8. The lowest BCUT2D eigenvalue weighted by molar-refractivity contribution is -0.111. The van der Waals surface area contributed by atoms with Crippen molar-refractivity contribution in [2.45, 2.75) is 20.0 Å². The summed E-state index contributed by atoms with van der Waals surface area (Å²) in [6.45, 7) is 11.4. The van der Waals surface area contributed by atoms with E-state index in [0.29, 0.717) is 47.5 Å². The van der Waals surface area contributed by atoms with Gasteiger partial charge in [0.25, 0.3) is 0 Å². The van der Waals surface area contributed by atoms with Crippen molar-refractivity contribution in [3.05, 3.63) is 72.4 Å². The van der Waals surface area contributed by atoms with Crippen LogP contribution in [-0.4, -0.2) is 80.7 Å². The van der Waals surface area contributed by atoms with Crippen molar-refractivity contribution in [3.8, 4) is 11.5 Å². The highest BCUT2D eigenvalue weighted by Crippen LogP contribution is 2.34. The summed E-state index contributed by atoms with van der Waals surface area (Å²) in [5.41, 5.74) is 4.95. The van der Waals surface area contributed by atoms with Gasteiger partial charge in [-0.3, -0.25) is 9.69 Å². The number of piperazine rings is 1. The third-order valence-corrected chi connectivity index (χ3v) is 7.92. The molecular formula is C32H39N7O4. The van der Waals surface area contributed by atoms with Gasteiger partial charge in [0.1, 0.15) is 17.3 Å². The maximum Gasteiger partial charge on any atom is 0.324 e. The van der Waals surface area contributed by atoms with Gasteiger partial charge in [0.2, 0.25) is 5.91 Å². The van der Waals surface area contributed by atoms with E-state index in [-0.39, 0.29) is 11.9 Å². The largest absolute Gasteiger partial charge is 0.497 e. The Morgan fingerprint density at radius 2 is 1.67 bits per heavy atom. The van der Waals surface area contributed by atoms with Gasteiger partial charge in [-0.05, 0) is 48.0 Å². The van der Waals surface area contributed by atoms with Crippen LogP contribution in [0.25, 0.3) is 0 Å². The van der Waals surface area contributed by atoms with Gasteiger partial charge in [0.05, 0.1) is 37.8 Å². The van der Waals surface area contributed by atoms with Crippen LogP contribution in [0.3, 0.4) is 0 Å². The van der Waals surface area contributed by atoms with Crippen molar-refractivity contribution in [1.29, 1.82) is 0 Å². The Morgan fingerprint density at radius 3 is 2.33 bits per heavy atom. The molecule has 1 aromatic heterocycles. The van der Waals surface area contributed by atoms with Crippen LogP contribution in [0, 0.1) is 0 Å². The van der Waals surface area contributed by atoms with Crippen LogP contribution in [0.4, 0.5) is 33.4 Å². The summed E-state index contributed by atoms with van der Waals surface area (Å²) >= 11 is 0. The molecule has 11 heteroatoms. The van der Waals surface area contributed by atoms with Crippen LogP contribution in [0.2, 0.25) is 0 Å². The molecule has 3 heterocycles. The minimum Gasteiger partial charge on any atom is -0.497 e. The van der Waals surface area contributed by atoms with Crippen LogP contribution in [0.15, 0.2) is 61.3 Å². The third-order valence-electron chi connectivity index (χ3n) is 7.92. The smallest absolute Gasteiger partial charge is 0.324 e. The molecule has 226 valence electrons. The van der Waals surface area contributed by atoms with Crippen LogP contribution in [-0.2, 0) is 17.9 Å². The molecule has 0 saturated carbocycles. The molecule has 0 atom stereocenters. The zero-order chi connectivity index (χ0) is 30.5. The van der Waals surface area contributed by atoms with Crippen molar-refractivity contribution >= 4 is 40.5 Å². The number of hydrogen-bond donors (Lipinski definition) is 2.